The van der Waals surface area contributed by atoms with Crippen LogP contribution in [0.25, 0.3) is 0 Å². The van der Waals surface area contributed by atoms with Gasteiger partial charge in [0.15, 0.2) is 5.75 Å². The predicted octanol–water partition coefficient (Wildman–Crippen LogP) is 4.44. The molecule has 0 fully saturated rings. The van der Waals surface area contributed by atoms with Crippen molar-refractivity contribution < 1.29 is 26.7 Å². The lowest BCUT2D eigenvalue weighted by Crippen LogP contribution is -2.19. The Balaban J connectivity index is 3.25. The molecule has 1 rings (SSSR count). The zero-order valence-electron chi connectivity index (χ0n) is 7.16. The molecule has 0 aromatic carbocycles. The molecule has 1 aromatic heterocycles. The van der Waals surface area contributed by atoms with Gasteiger partial charge in [-0.2, -0.15) is 0 Å². The maximum absolute atomic E-state index is 12.4. The van der Waals surface area contributed by atoms with Gasteiger partial charge < -0.3 is 4.74 Å². The van der Waals surface area contributed by atoms with Crippen molar-refractivity contribution in [3.63, 3.8) is 0 Å². The number of pyridine rings is 1. The highest BCUT2D eigenvalue weighted by Gasteiger charge is 2.35. The largest absolute Gasteiger partial charge is 0.573 e. The molecule has 0 spiro atoms. The van der Waals surface area contributed by atoms with Crippen molar-refractivity contribution in [2.24, 2.45) is 0 Å². The first-order chi connectivity index (χ1) is 7.20. The van der Waals surface area contributed by atoms with Gasteiger partial charge in [0.25, 0.3) is 6.43 Å². The van der Waals surface area contributed by atoms with E-state index in [4.69, 9.17) is 0 Å². The molecular formula is C7H2Br2F5NO. The summed E-state index contributed by atoms with van der Waals surface area (Å²) in [5.41, 5.74) is -0.897. The molecule has 16 heavy (non-hydrogen) atoms. The molecular weight excluding hydrogens is 369 g/mol. The third-order valence-corrected chi connectivity index (χ3v) is 2.33. The topological polar surface area (TPSA) is 22.1 Å². The average molecular weight is 371 g/mol. The predicted molar refractivity (Wildman–Crippen MR) is 51.3 cm³/mol. The number of nitrogens with zero attached hydrogens (tertiary/aromatic N) is 1. The molecule has 1 heterocycles. The van der Waals surface area contributed by atoms with E-state index in [1.165, 1.54) is 0 Å². The Bertz CT molecular complexity index is 395. The van der Waals surface area contributed by atoms with Gasteiger partial charge in [0.2, 0.25) is 0 Å². The monoisotopic (exact) mass is 369 g/mol. The Kier molecular flexibility index (Phi) is 4.11. The summed E-state index contributed by atoms with van der Waals surface area (Å²) in [5, 5.41) is 0. The number of rotatable bonds is 2. The number of hydrogen-bond acceptors (Lipinski definition) is 2. The standard InChI is InChI=1S/C7H2Br2F5NO/c8-3-1-2(6(10)11)4(5(9)15-3)16-7(12,13)14/h1,6H. The van der Waals surface area contributed by atoms with Crippen LogP contribution in [0.1, 0.15) is 12.0 Å². The van der Waals surface area contributed by atoms with Gasteiger partial charge in [-0.3, -0.25) is 0 Å². The molecule has 0 aliphatic rings. The molecule has 0 saturated carbocycles. The fourth-order valence-electron chi connectivity index (χ4n) is 0.869. The molecule has 0 aliphatic carbocycles. The molecule has 0 aliphatic heterocycles. The average Bonchev–Trinajstić information content (AvgIpc) is 2.07. The molecule has 1 aromatic rings. The number of ether oxygens (including phenoxy) is 1. The van der Waals surface area contributed by atoms with Crippen LogP contribution in [0.15, 0.2) is 15.3 Å². The third-order valence-electron chi connectivity index (χ3n) is 1.38. The molecule has 0 amide bonds. The van der Waals surface area contributed by atoms with E-state index >= 15 is 0 Å². The molecule has 2 nitrogen and oxygen atoms in total. The highest BCUT2D eigenvalue weighted by atomic mass is 79.9. The van der Waals surface area contributed by atoms with Gasteiger partial charge in [0.1, 0.15) is 9.21 Å². The minimum absolute atomic E-state index is 0.0239. The Morgan fingerprint density at radius 1 is 1.25 bits per heavy atom. The number of aromatic nitrogens is 1. The Hall–Kier alpha value is -0.440. The maximum atomic E-state index is 12.4. The van der Waals surface area contributed by atoms with Crippen LogP contribution in [0, 0.1) is 0 Å². The maximum Gasteiger partial charge on any atom is 0.573 e. The fourth-order valence-corrected chi connectivity index (χ4v) is 2.03. The molecule has 90 valence electrons. The first-order valence-electron chi connectivity index (χ1n) is 3.60. The Morgan fingerprint density at radius 3 is 2.25 bits per heavy atom. The Labute approximate surface area is 103 Å². The van der Waals surface area contributed by atoms with Gasteiger partial charge >= 0.3 is 6.36 Å². The molecule has 0 atom stereocenters. The SMILES string of the molecule is FC(F)c1cc(Br)nc(Br)c1OC(F)(F)F. The highest BCUT2D eigenvalue weighted by molar-refractivity contribution is 9.11. The Morgan fingerprint density at radius 2 is 1.81 bits per heavy atom. The van der Waals surface area contributed by atoms with E-state index in [0.29, 0.717) is 0 Å². The van der Waals surface area contributed by atoms with Gasteiger partial charge in [0, 0.05) is 0 Å². The van der Waals surface area contributed by atoms with Crippen molar-refractivity contribution in [3.8, 4) is 5.75 Å². The lowest BCUT2D eigenvalue weighted by Gasteiger charge is -2.14. The van der Waals surface area contributed by atoms with Crippen molar-refractivity contribution in [2.45, 2.75) is 12.8 Å². The highest BCUT2D eigenvalue weighted by Crippen LogP contribution is 2.38. The quantitative estimate of drug-likeness (QED) is 0.567. The van der Waals surface area contributed by atoms with Crippen LogP contribution in [-0.2, 0) is 0 Å². The third kappa shape index (κ3) is 3.55. The number of hydrogen-bond donors (Lipinski definition) is 0. The van der Waals surface area contributed by atoms with Crippen molar-refractivity contribution in [1.82, 2.24) is 4.98 Å². The molecule has 0 bridgehead atoms. The van der Waals surface area contributed by atoms with Crippen LogP contribution in [0.5, 0.6) is 5.75 Å². The molecule has 9 heteroatoms. The molecule has 0 unspecified atom stereocenters. The van der Waals surface area contributed by atoms with Gasteiger partial charge in [-0.05, 0) is 37.9 Å². The van der Waals surface area contributed by atoms with Crippen LogP contribution < -0.4 is 4.74 Å². The van der Waals surface area contributed by atoms with Crippen molar-refractivity contribution in [3.05, 3.63) is 20.8 Å². The molecule has 0 saturated heterocycles. The lowest BCUT2D eigenvalue weighted by atomic mass is 10.2. The zero-order valence-corrected chi connectivity index (χ0v) is 10.3. The second kappa shape index (κ2) is 4.82. The number of alkyl halides is 5. The van der Waals surface area contributed by atoms with Crippen molar-refractivity contribution >= 4 is 31.9 Å². The van der Waals surface area contributed by atoms with E-state index < -0.39 is 28.7 Å². The van der Waals surface area contributed by atoms with Crippen molar-refractivity contribution in [1.29, 1.82) is 0 Å². The van der Waals surface area contributed by atoms with E-state index in [-0.39, 0.29) is 4.60 Å². The van der Waals surface area contributed by atoms with Gasteiger partial charge in [-0.1, -0.05) is 0 Å². The summed E-state index contributed by atoms with van der Waals surface area (Å²) in [6.07, 6.45) is -8.16. The summed E-state index contributed by atoms with van der Waals surface area (Å²) in [4.78, 5) is 3.48. The summed E-state index contributed by atoms with van der Waals surface area (Å²) in [5.74, 6) is -1.04. The van der Waals surface area contributed by atoms with E-state index in [1.807, 2.05) is 0 Å². The smallest absolute Gasteiger partial charge is 0.402 e. The van der Waals surface area contributed by atoms with Crippen LogP contribution in [-0.4, -0.2) is 11.3 Å². The van der Waals surface area contributed by atoms with E-state index in [0.717, 1.165) is 6.07 Å². The fraction of sp³-hybridized carbons (Fsp3) is 0.286. The van der Waals surface area contributed by atoms with Gasteiger partial charge in [-0.15, -0.1) is 13.2 Å². The second-order valence-corrected chi connectivity index (χ2v) is 4.07. The van der Waals surface area contributed by atoms with E-state index in [2.05, 4.69) is 41.6 Å². The summed E-state index contributed by atoms with van der Waals surface area (Å²) in [6, 6.07) is 0.760. The minimum Gasteiger partial charge on any atom is -0.402 e. The van der Waals surface area contributed by atoms with Crippen molar-refractivity contribution in [2.75, 3.05) is 0 Å². The van der Waals surface area contributed by atoms with Crippen LogP contribution in [0.4, 0.5) is 22.0 Å². The lowest BCUT2D eigenvalue weighted by molar-refractivity contribution is -0.275. The van der Waals surface area contributed by atoms with Crippen LogP contribution >= 0.6 is 31.9 Å². The van der Waals surface area contributed by atoms with E-state index in [9.17, 15) is 22.0 Å². The summed E-state index contributed by atoms with van der Waals surface area (Å²) in [7, 11) is 0. The minimum atomic E-state index is -5.05. The number of halogens is 7. The van der Waals surface area contributed by atoms with Crippen LogP contribution in [0.3, 0.4) is 0 Å². The van der Waals surface area contributed by atoms with Gasteiger partial charge in [0.05, 0.1) is 5.56 Å². The summed E-state index contributed by atoms with van der Waals surface area (Å²) >= 11 is 5.40. The second-order valence-electron chi connectivity index (χ2n) is 2.50. The van der Waals surface area contributed by atoms with Crippen LogP contribution in [0.2, 0.25) is 0 Å². The molecule has 0 radical (unpaired) electrons. The molecule has 0 N–H and O–H groups in total. The zero-order chi connectivity index (χ0) is 12.5. The van der Waals surface area contributed by atoms with Gasteiger partial charge in [-0.25, -0.2) is 13.8 Å². The first kappa shape index (κ1) is 13.6. The normalized spacial score (nSPS) is 12.0. The summed E-state index contributed by atoms with van der Waals surface area (Å²) in [6.45, 7) is 0. The van der Waals surface area contributed by atoms with E-state index in [1.54, 1.807) is 0 Å². The first-order valence-corrected chi connectivity index (χ1v) is 5.19. The summed E-state index contributed by atoms with van der Waals surface area (Å²) < 4.78 is 63.7.